The highest BCUT2D eigenvalue weighted by Gasteiger charge is 2.16. The Morgan fingerprint density at radius 2 is 2.29 bits per heavy atom. The monoisotopic (exact) mass is 239 g/mol. The topological polar surface area (TPSA) is 84.9 Å². The first kappa shape index (κ1) is 11.4. The number of hydrogen-bond acceptors (Lipinski definition) is 5. The second-order valence-corrected chi connectivity index (χ2v) is 4.91. The molecule has 0 aliphatic heterocycles. The van der Waals surface area contributed by atoms with Crippen molar-refractivity contribution >= 4 is 19.7 Å². The molecule has 0 aromatic carbocycles. The zero-order valence-electron chi connectivity index (χ0n) is 7.53. The summed E-state index contributed by atoms with van der Waals surface area (Å²) in [5, 5.41) is 5.52. The van der Waals surface area contributed by atoms with E-state index >= 15 is 0 Å². The Labute approximate surface area is 86.1 Å². The van der Waals surface area contributed by atoms with Crippen molar-refractivity contribution in [1.29, 1.82) is 0 Å². The predicted octanol–water partition coefficient (Wildman–Crippen LogP) is 0.311. The van der Waals surface area contributed by atoms with Crippen LogP contribution in [-0.4, -0.2) is 36.8 Å². The van der Waals surface area contributed by atoms with Gasteiger partial charge in [-0.1, -0.05) is 0 Å². The molecule has 0 aliphatic carbocycles. The van der Waals surface area contributed by atoms with Gasteiger partial charge in [-0.2, -0.15) is 0 Å². The summed E-state index contributed by atoms with van der Waals surface area (Å²) in [6.45, 7) is 2.94. The van der Waals surface area contributed by atoms with Gasteiger partial charge in [0.1, 0.15) is 5.82 Å². The van der Waals surface area contributed by atoms with Crippen LogP contribution in [0, 0.1) is 0 Å². The number of aromatic amines is 1. The zero-order chi connectivity index (χ0) is 10.6. The van der Waals surface area contributed by atoms with Crippen LogP contribution in [-0.2, 0) is 20.2 Å². The van der Waals surface area contributed by atoms with Crippen LogP contribution in [0.4, 0.5) is 0 Å². The number of ether oxygens (including phenoxy) is 1. The van der Waals surface area contributed by atoms with Gasteiger partial charge in [0.15, 0.2) is 0 Å². The second kappa shape index (κ2) is 4.72. The van der Waals surface area contributed by atoms with Gasteiger partial charge in [0.2, 0.25) is 0 Å². The summed E-state index contributed by atoms with van der Waals surface area (Å²) in [4.78, 5) is 3.69. The van der Waals surface area contributed by atoms with Gasteiger partial charge in [-0.25, -0.2) is 13.4 Å². The number of aromatic nitrogens is 3. The molecule has 0 amide bonds. The molecule has 1 aromatic heterocycles. The van der Waals surface area contributed by atoms with Gasteiger partial charge in [-0.15, -0.1) is 5.10 Å². The summed E-state index contributed by atoms with van der Waals surface area (Å²) in [5.74, 6) is 0.442. The van der Waals surface area contributed by atoms with E-state index in [1.165, 1.54) is 0 Å². The van der Waals surface area contributed by atoms with E-state index in [4.69, 9.17) is 15.4 Å². The molecule has 14 heavy (non-hydrogen) atoms. The molecule has 1 rings (SSSR count). The minimum atomic E-state index is -3.83. The highest BCUT2D eigenvalue weighted by atomic mass is 35.7. The molecule has 0 spiro atoms. The minimum absolute atomic E-state index is 0.398. The molecular formula is C6H10ClN3O3S. The fourth-order valence-electron chi connectivity index (χ4n) is 0.812. The number of nitrogens with zero attached hydrogens (tertiary/aromatic N) is 2. The lowest BCUT2D eigenvalue weighted by molar-refractivity contribution is 0.149. The summed E-state index contributed by atoms with van der Waals surface area (Å²) >= 11 is 0. The van der Waals surface area contributed by atoms with Crippen LogP contribution in [0.2, 0.25) is 0 Å². The van der Waals surface area contributed by atoms with Crippen molar-refractivity contribution < 1.29 is 13.2 Å². The van der Waals surface area contributed by atoms with Crippen LogP contribution < -0.4 is 0 Å². The van der Waals surface area contributed by atoms with Crippen LogP contribution in [0.3, 0.4) is 0 Å². The minimum Gasteiger partial charge on any atom is -0.381 e. The van der Waals surface area contributed by atoms with E-state index in [1.807, 2.05) is 6.92 Å². The van der Waals surface area contributed by atoms with E-state index < -0.39 is 14.2 Å². The lowest BCUT2D eigenvalue weighted by Gasteiger charge is -1.95. The summed E-state index contributed by atoms with van der Waals surface area (Å²) in [6, 6.07) is 0. The number of nitrogens with one attached hydrogen (secondary N) is 1. The van der Waals surface area contributed by atoms with Gasteiger partial charge in [0, 0.05) is 23.7 Å². The Morgan fingerprint density at radius 1 is 1.57 bits per heavy atom. The Bertz CT molecular complexity index is 389. The quantitative estimate of drug-likeness (QED) is 0.591. The largest absolute Gasteiger partial charge is 0.381 e. The lowest BCUT2D eigenvalue weighted by Crippen LogP contribution is -1.99. The van der Waals surface area contributed by atoms with E-state index in [9.17, 15) is 8.42 Å². The van der Waals surface area contributed by atoms with Gasteiger partial charge >= 0.3 is 0 Å². The summed E-state index contributed by atoms with van der Waals surface area (Å²) in [5.41, 5.74) is 0. The first-order valence-corrected chi connectivity index (χ1v) is 6.28. The van der Waals surface area contributed by atoms with E-state index in [1.54, 1.807) is 0 Å². The second-order valence-electron chi connectivity index (χ2n) is 2.45. The van der Waals surface area contributed by atoms with Crippen LogP contribution in [0.15, 0.2) is 5.16 Å². The standard InChI is InChI=1S/C6H10ClN3O3S/c1-2-13-4-3-5-8-6(10-9-5)14(7,11)12/h2-4H2,1H3,(H,8,9,10). The first-order chi connectivity index (χ1) is 6.54. The average Bonchev–Trinajstić information content (AvgIpc) is 2.52. The van der Waals surface area contributed by atoms with E-state index in [-0.39, 0.29) is 0 Å². The maximum absolute atomic E-state index is 10.8. The van der Waals surface area contributed by atoms with Gasteiger partial charge < -0.3 is 4.74 Å². The number of H-pyrrole nitrogens is 1. The molecule has 1 heterocycles. The molecule has 0 atom stereocenters. The van der Waals surface area contributed by atoms with Crippen molar-refractivity contribution in [3.05, 3.63) is 5.82 Å². The third-order valence-electron chi connectivity index (χ3n) is 1.42. The van der Waals surface area contributed by atoms with E-state index in [0.29, 0.717) is 25.5 Å². The summed E-state index contributed by atoms with van der Waals surface area (Å²) in [7, 11) is 1.19. The van der Waals surface area contributed by atoms with Gasteiger partial charge in [-0.3, -0.25) is 5.10 Å². The molecular weight excluding hydrogens is 230 g/mol. The maximum atomic E-state index is 10.8. The molecule has 1 aromatic rings. The average molecular weight is 240 g/mol. The molecule has 8 heteroatoms. The SMILES string of the molecule is CCOCCc1nc(S(=O)(=O)Cl)n[nH]1. The molecule has 0 bridgehead atoms. The summed E-state index contributed by atoms with van der Waals surface area (Å²) in [6.07, 6.45) is 0.479. The highest BCUT2D eigenvalue weighted by molar-refractivity contribution is 8.13. The van der Waals surface area contributed by atoms with Gasteiger partial charge in [0.25, 0.3) is 14.2 Å². The molecule has 0 saturated heterocycles. The Balaban J connectivity index is 2.60. The molecule has 0 fully saturated rings. The van der Waals surface area contributed by atoms with Crippen molar-refractivity contribution in [3.8, 4) is 0 Å². The molecule has 80 valence electrons. The highest BCUT2D eigenvalue weighted by Crippen LogP contribution is 2.08. The van der Waals surface area contributed by atoms with Crippen molar-refractivity contribution in [2.45, 2.75) is 18.5 Å². The zero-order valence-corrected chi connectivity index (χ0v) is 9.10. The Kier molecular flexibility index (Phi) is 3.85. The molecule has 6 nitrogen and oxygen atoms in total. The number of hydrogen-bond donors (Lipinski definition) is 1. The van der Waals surface area contributed by atoms with Crippen LogP contribution in [0.25, 0.3) is 0 Å². The first-order valence-electron chi connectivity index (χ1n) is 3.97. The van der Waals surface area contributed by atoms with Crippen molar-refractivity contribution in [1.82, 2.24) is 15.2 Å². The van der Waals surface area contributed by atoms with Crippen molar-refractivity contribution in [3.63, 3.8) is 0 Å². The molecule has 1 N–H and O–H groups in total. The smallest absolute Gasteiger partial charge is 0.298 e. The third kappa shape index (κ3) is 3.24. The lowest BCUT2D eigenvalue weighted by atomic mass is 10.4. The number of rotatable bonds is 5. The molecule has 0 unspecified atom stereocenters. The Morgan fingerprint density at radius 3 is 2.79 bits per heavy atom. The predicted molar refractivity (Wildman–Crippen MR) is 49.6 cm³/mol. The van der Waals surface area contributed by atoms with Crippen LogP contribution in [0.5, 0.6) is 0 Å². The van der Waals surface area contributed by atoms with Crippen molar-refractivity contribution in [2.75, 3.05) is 13.2 Å². The molecule has 0 saturated carbocycles. The van der Waals surface area contributed by atoms with Crippen LogP contribution >= 0.6 is 10.7 Å². The fraction of sp³-hybridized carbons (Fsp3) is 0.667. The molecule has 0 radical (unpaired) electrons. The molecule has 0 aliphatic rings. The van der Waals surface area contributed by atoms with Gasteiger partial charge in [-0.05, 0) is 6.92 Å². The Hall–Kier alpha value is -0.660. The maximum Gasteiger partial charge on any atom is 0.298 e. The number of halogens is 1. The van der Waals surface area contributed by atoms with E-state index in [2.05, 4.69) is 15.2 Å². The fourth-order valence-corrected chi connectivity index (χ4v) is 1.39. The summed E-state index contributed by atoms with van der Waals surface area (Å²) < 4.78 is 26.6. The van der Waals surface area contributed by atoms with Crippen LogP contribution in [0.1, 0.15) is 12.7 Å². The van der Waals surface area contributed by atoms with Crippen molar-refractivity contribution in [2.24, 2.45) is 0 Å². The normalized spacial score (nSPS) is 11.9. The van der Waals surface area contributed by atoms with E-state index in [0.717, 1.165) is 0 Å². The third-order valence-corrected chi connectivity index (χ3v) is 2.45. The van der Waals surface area contributed by atoms with Gasteiger partial charge in [0.05, 0.1) is 6.61 Å².